The number of para-hydroxylation sites is 1. The van der Waals surface area contributed by atoms with Crippen molar-refractivity contribution in [3.63, 3.8) is 0 Å². The Kier molecular flexibility index (Phi) is 4.69. The Bertz CT molecular complexity index is 1030. The van der Waals surface area contributed by atoms with E-state index in [1.54, 1.807) is 10.9 Å². The van der Waals surface area contributed by atoms with Gasteiger partial charge in [-0.25, -0.2) is 4.79 Å². The van der Waals surface area contributed by atoms with Crippen molar-refractivity contribution in [2.45, 2.75) is 13.2 Å². The first kappa shape index (κ1) is 16.6. The first-order chi connectivity index (χ1) is 13.3. The van der Waals surface area contributed by atoms with Gasteiger partial charge in [0.15, 0.2) is 12.4 Å². The SMILES string of the molecule is O=C(OCc1nnnn1-c1ccccc1)c1cnn(Cc2ccccc2)c1. The average molecular weight is 360 g/mol. The topological polar surface area (TPSA) is 87.7 Å². The van der Waals surface area contributed by atoms with Gasteiger partial charge in [0.2, 0.25) is 0 Å². The molecule has 27 heavy (non-hydrogen) atoms. The number of carbonyl (C=O) groups excluding carboxylic acids is 1. The van der Waals surface area contributed by atoms with Crippen LogP contribution in [0.2, 0.25) is 0 Å². The molecule has 0 spiro atoms. The van der Waals surface area contributed by atoms with Crippen LogP contribution in [-0.4, -0.2) is 36.0 Å². The van der Waals surface area contributed by atoms with Crippen LogP contribution in [0.4, 0.5) is 0 Å². The van der Waals surface area contributed by atoms with Gasteiger partial charge in [-0.05, 0) is 28.1 Å². The summed E-state index contributed by atoms with van der Waals surface area (Å²) in [5.74, 6) is -0.0387. The van der Waals surface area contributed by atoms with E-state index in [0.29, 0.717) is 17.9 Å². The van der Waals surface area contributed by atoms with Crippen molar-refractivity contribution in [3.8, 4) is 5.69 Å². The van der Waals surface area contributed by atoms with Gasteiger partial charge in [-0.1, -0.05) is 48.5 Å². The Morgan fingerprint density at radius 2 is 1.74 bits per heavy atom. The normalized spacial score (nSPS) is 10.7. The molecule has 0 aliphatic rings. The van der Waals surface area contributed by atoms with Gasteiger partial charge >= 0.3 is 5.97 Å². The minimum Gasteiger partial charge on any atom is -0.454 e. The van der Waals surface area contributed by atoms with Gasteiger partial charge in [-0.2, -0.15) is 9.78 Å². The van der Waals surface area contributed by atoms with Crippen LogP contribution in [-0.2, 0) is 17.9 Å². The predicted octanol–water partition coefficient (Wildman–Crippen LogP) is 2.26. The first-order valence-corrected chi connectivity index (χ1v) is 8.36. The molecule has 8 nitrogen and oxygen atoms in total. The van der Waals surface area contributed by atoms with Crippen LogP contribution >= 0.6 is 0 Å². The summed E-state index contributed by atoms with van der Waals surface area (Å²) in [6, 6.07) is 19.3. The van der Waals surface area contributed by atoms with Gasteiger partial charge in [-0.15, -0.1) is 5.10 Å². The molecule has 134 valence electrons. The lowest BCUT2D eigenvalue weighted by atomic mass is 10.2. The lowest BCUT2D eigenvalue weighted by Gasteiger charge is -2.05. The van der Waals surface area contributed by atoms with Gasteiger partial charge in [0.25, 0.3) is 0 Å². The molecule has 4 aromatic rings. The van der Waals surface area contributed by atoms with Gasteiger partial charge in [0.1, 0.15) is 0 Å². The molecule has 4 rings (SSSR count). The molecule has 0 aliphatic carbocycles. The van der Waals surface area contributed by atoms with Gasteiger partial charge in [0, 0.05) is 6.20 Å². The van der Waals surface area contributed by atoms with Crippen LogP contribution in [0.1, 0.15) is 21.7 Å². The van der Waals surface area contributed by atoms with E-state index in [2.05, 4.69) is 20.6 Å². The minimum absolute atomic E-state index is 0.0371. The predicted molar refractivity (Wildman–Crippen MR) is 96.0 cm³/mol. The number of benzene rings is 2. The van der Waals surface area contributed by atoms with Crippen LogP contribution in [0.15, 0.2) is 73.1 Å². The fourth-order valence-electron chi connectivity index (χ4n) is 2.60. The van der Waals surface area contributed by atoms with Crippen LogP contribution in [0.25, 0.3) is 5.69 Å². The smallest absolute Gasteiger partial charge is 0.341 e. The third-order valence-electron chi connectivity index (χ3n) is 3.92. The lowest BCUT2D eigenvalue weighted by Crippen LogP contribution is -2.09. The van der Waals surface area contributed by atoms with E-state index in [9.17, 15) is 4.79 Å². The summed E-state index contributed by atoms with van der Waals surface area (Å²) >= 11 is 0. The van der Waals surface area contributed by atoms with Crippen molar-refractivity contribution in [3.05, 3.63) is 90.0 Å². The van der Waals surface area contributed by atoms with Crippen molar-refractivity contribution < 1.29 is 9.53 Å². The molecule has 2 heterocycles. The van der Waals surface area contributed by atoms with Gasteiger partial charge in [0.05, 0.1) is 24.0 Å². The number of nitrogens with zero attached hydrogens (tertiary/aromatic N) is 6. The summed E-state index contributed by atoms with van der Waals surface area (Å²) in [5.41, 5.74) is 2.27. The molecule has 2 aromatic heterocycles. The van der Waals surface area contributed by atoms with Crippen molar-refractivity contribution in [1.82, 2.24) is 30.0 Å². The number of hydrogen-bond donors (Lipinski definition) is 0. The second kappa shape index (κ2) is 7.61. The molecule has 2 aromatic carbocycles. The van der Waals surface area contributed by atoms with E-state index in [1.165, 1.54) is 10.9 Å². The summed E-state index contributed by atoms with van der Waals surface area (Å²) < 4.78 is 8.57. The van der Waals surface area contributed by atoms with E-state index in [-0.39, 0.29) is 6.61 Å². The monoisotopic (exact) mass is 360 g/mol. The fourth-order valence-corrected chi connectivity index (χ4v) is 2.60. The van der Waals surface area contributed by atoms with E-state index in [0.717, 1.165) is 11.3 Å². The maximum atomic E-state index is 12.3. The maximum absolute atomic E-state index is 12.3. The molecule has 8 heteroatoms. The second-order valence-corrected chi connectivity index (χ2v) is 5.83. The summed E-state index contributed by atoms with van der Waals surface area (Å²) in [5, 5.41) is 15.7. The molecule has 0 bridgehead atoms. The zero-order chi connectivity index (χ0) is 18.5. The average Bonchev–Trinajstić information content (AvgIpc) is 3.37. The Balaban J connectivity index is 1.40. The summed E-state index contributed by atoms with van der Waals surface area (Å²) in [4.78, 5) is 12.3. The molecule has 0 saturated heterocycles. The Hall–Kier alpha value is -3.81. The number of hydrogen-bond acceptors (Lipinski definition) is 6. The number of esters is 1. The largest absolute Gasteiger partial charge is 0.454 e. The molecule has 0 N–H and O–H groups in total. The highest BCUT2D eigenvalue weighted by Crippen LogP contribution is 2.10. The first-order valence-electron chi connectivity index (χ1n) is 8.36. The van der Waals surface area contributed by atoms with E-state index >= 15 is 0 Å². The van der Waals surface area contributed by atoms with E-state index < -0.39 is 5.97 Å². The Morgan fingerprint density at radius 3 is 2.52 bits per heavy atom. The minimum atomic E-state index is -0.475. The van der Waals surface area contributed by atoms with Crippen molar-refractivity contribution in [2.24, 2.45) is 0 Å². The molecule has 0 aliphatic heterocycles. The van der Waals surface area contributed by atoms with Gasteiger partial charge < -0.3 is 4.74 Å². The molecule has 0 radical (unpaired) electrons. The highest BCUT2D eigenvalue weighted by Gasteiger charge is 2.14. The summed E-state index contributed by atoms with van der Waals surface area (Å²) in [6.07, 6.45) is 3.15. The van der Waals surface area contributed by atoms with Crippen LogP contribution in [0.3, 0.4) is 0 Å². The van der Waals surface area contributed by atoms with Crippen LogP contribution in [0, 0.1) is 0 Å². The molecule has 0 saturated carbocycles. The standard InChI is InChI=1S/C19H16N6O2/c26-19(16-11-20-24(13-16)12-15-7-3-1-4-8-15)27-14-18-21-22-23-25(18)17-9-5-2-6-10-17/h1-11,13H,12,14H2. The number of aromatic nitrogens is 6. The molecule has 0 amide bonds. The third-order valence-corrected chi connectivity index (χ3v) is 3.92. The summed E-state index contributed by atoms with van der Waals surface area (Å²) in [6.45, 7) is 0.547. The van der Waals surface area contributed by atoms with Crippen LogP contribution in [0.5, 0.6) is 0 Å². The number of rotatable bonds is 6. The zero-order valence-corrected chi connectivity index (χ0v) is 14.3. The number of carbonyl (C=O) groups is 1. The molecule has 0 fully saturated rings. The number of tetrazole rings is 1. The van der Waals surface area contributed by atoms with Crippen LogP contribution < -0.4 is 0 Å². The maximum Gasteiger partial charge on any atom is 0.341 e. The second-order valence-electron chi connectivity index (χ2n) is 5.83. The fraction of sp³-hybridized carbons (Fsp3) is 0.105. The highest BCUT2D eigenvalue weighted by atomic mass is 16.5. The Morgan fingerprint density at radius 1 is 1.00 bits per heavy atom. The van der Waals surface area contributed by atoms with Crippen molar-refractivity contribution in [1.29, 1.82) is 0 Å². The quantitative estimate of drug-likeness (QED) is 0.490. The van der Waals surface area contributed by atoms with E-state index in [4.69, 9.17) is 4.74 Å². The third kappa shape index (κ3) is 3.90. The molecule has 0 atom stereocenters. The lowest BCUT2D eigenvalue weighted by molar-refractivity contribution is 0.0459. The Labute approximate surface area is 155 Å². The van der Waals surface area contributed by atoms with Crippen molar-refractivity contribution >= 4 is 5.97 Å². The van der Waals surface area contributed by atoms with Gasteiger partial charge in [-0.3, -0.25) is 4.68 Å². The number of ether oxygens (including phenoxy) is 1. The highest BCUT2D eigenvalue weighted by molar-refractivity contribution is 5.88. The summed E-state index contributed by atoms with van der Waals surface area (Å²) in [7, 11) is 0. The van der Waals surface area contributed by atoms with E-state index in [1.807, 2.05) is 60.7 Å². The zero-order valence-electron chi connectivity index (χ0n) is 14.3. The molecule has 0 unspecified atom stereocenters. The van der Waals surface area contributed by atoms with Crippen molar-refractivity contribution in [2.75, 3.05) is 0 Å². The molecular weight excluding hydrogens is 344 g/mol. The molecular formula is C19H16N6O2.